The molecule has 2 aromatic rings. The zero-order valence-corrected chi connectivity index (χ0v) is 13.7. The normalized spacial score (nSPS) is 23.6. The second-order valence-electron chi connectivity index (χ2n) is 6.48. The van der Waals surface area contributed by atoms with Crippen LogP contribution in [-0.4, -0.2) is 35.2 Å². The Morgan fingerprint density at radius 3 is 2.39 bits per heavy atom. The summed E-state index contributed by atoms with van der Waals surface area (Å²) < 4.78 is 0. The largest absolute Gasteiger partial charge is 0.390 e. The minimum Gasteiger partial charge on any atom is -0.390 e. The Morgan fingerprint density at radius 1 is 1.09 bits per heavy atom. The summed E-state index contributed by atoms with van der Waals surface area (Å²) in [6.45, 7) is 4.83. The van der Waals surface area contributed by atoms with Crippen molar-refractivity contribution in [3.8, 4) is 0 Å². The topological polar surface area (TPSA) is 35.5 Å². The lowest BCUT2D eigenvalue weighted by molar-refractivity contribution is 0.0336. The molecule has 122 valence electrons. The minimum atomic E-state index is -0.321. The van der Waals surface area contributed by atoms with Gasteiger partial charge >= 0.3 is 0 Å². The molecule has 3 atom stereocenters. The number of benzene rings is 2. The third kappa shape index (κ3) is 4.41. The molecule has 23 heavy (non-hydrogen) atoms. The number of nitrogens with one attached hydrogen (secondary N) is 1. The van der Waals surface area contributed by atoms with Gasteiger partial charge in [-0.15, -0.1) is 0 Å². The molecular weight excluding hydrogens is 284 g/mol. The lowest BCUT2D eigenvalue weighted by atomic mass is 9.98. The summed E-state index contributed by atoms with van der Waals surface area (Å²) in [6, 6.07) is 21.3. The Hall–Kier alpha value is -1.68. The van der Waals surface area contributed by atoms with Crippen LogP contribution in [0.1, 0.15) is 30.5 Å². The molecule has 2 aromatic carbocycles. The first-order chi connectivity index (χ1) is 11.2. The molecule has 0 aromatic heterocycles. The number of hydrogen-bond acceptors (Lipinski definition) is 3. The highest BCUT2D eigenvalue weighted by atomic mass is 16.3. The van der Waals surface area contributed by atoms with E-state index in [4.69, 9.17) is 0 Å². The lowest BCUT2D eigenvalue weighted by Crippen LogP contribution is -2.52. The number of hydrogen-bond donors (Lipinski definition) is 2. The van der Waals surface area contributed by atoms with Crippen LogP contribution in [-0.2, 0) is 6.54 Å². The fraction of sp³-hybridized carbons (Fsp3) is 0.400. The quantitative estimate of drug-likeness (QED) is 0.891. The van der Waals surface area contributed by atoms with Gasteiger partial charge in [0.2, 0.25) is 0 Å². The van der Waals surface area contributed by atoms with Crippen LogP contribution in [0.4, 0.5) is 0 Å². The van der Waals surface area contributed by atoms with Gasteiger partial charge in [-0.05, 0) is 24.5 Å². The highest BCUT2D eigenvalue weighted by Gasteiger charge is 2.28. The summed E-state index contributed by atoms with van der Waals surface area (Å²) in [6.07, 6.45) is 0.657. The van der Waals surface area contributed by atoms with Crippen molar-refractivity contribution < 1.29 is 5.11 Å². The van der Waals surface area contributed by atoms with Crippen LogP contribution in [0, 0.1) is 0 Å². The van der Waals surface area contributed by atoms with Gasteiger partial charge < -0.3 is 10.4 Å². The Labute approximate surface area is 139 Å². The molecular formula is C20H26N2O. The second kappa shape index (κ2) is 7.73. The third-order valence-electron chi connectivity index (χ3n) is 4.68. The monoisotopic (exact) mass is 310 g/mol. The van der Waals surface area contributed by atoms with E-state index >= 15 is 0 Å². The molecule has 0 aliphatic carbocycles. The zero-order valence-electron chi connectivity index (χ0n) is 13.7. The number of piperidine rings is 1. The standard InChI is InChI=1S/C20H26N2O/c1-16(18-10-6-3-7-11-18)21-19-12-13-22(15-20(19)23)14-17-8-4-2-5-9-17/h2-11,16,19-21,23H,12-15H2,1H3/t16-,19+,20+/m1/s1. The van der Waals surface area contributed by atoms with E-state index in [0.29, 0.717) is 0 Å². The molecule has 0 bridgehead atoms. The second-order valence-corrected chi connectivity index (χ2v) is 6.48. The summed E-state index contributed by atoms with van der Waals surface area (Å²) in [5.74, 6) is 0. The van der Waals surface area contributed by atoms with Crippen LogP contribution >= 0.6 is 0 Å². The predicted octanol–water partition coefficient (Wildman–Crippen LogP) is 2.97. The molecule has 3 nitrogen and oxygen atoms in total. The van der Waals surface area contributed by atoms with Crippen molar-refractivity contribution in [2.45, 2.75) is 38.1 Å². The average molecular weight is 310 g/mol. The van der Waals surface area contributed by atoms with Crippen LogP contribution in [0.5, 0.6) is 0 Å². The first-order valence-corrected chi connectivity index (χ1v) is 8.48. The van der Waals surface area contributed by atoms with Crippen molar-refractivity contribution in [2.75, 3.05) is 13.1 Å². The molecule has 0 saturated carbocycles. The maximum absolute atomic E-state index is 10.5. The summed E-state index contributed by atoms with van der Waals surface area (Å²) in [5, 5.41) is 14.1. The first-order valence-electron chi connectivity index (χ1n) is 8.48. The lowest BCUT2D eigenvalue weighted by Gasteiger charge is -2.37. The average Bonchev–Trinajstić information content (AvgIpc) is 2.59. The number of likely N-dealkylation sites (tertiary alicyclic amines) is 1. The van der Waals surface area contributed by atoms with Crippen LogP contribution in [0.2, 0.25) is 0 Å². The molecule has 1 aliphatic heterocycles. The van der Waals surface area contributed by atoms with Crippen LogP contribution in [0.25, 0.3) is 0 Å². The molecule has 0 amide bonds. The number of rotatable bonds is 5. The van der Waals surface area contributed by atoms with E-state index in [1.807, 2.05) is 12.1 Å². The van der Waals surface area contributed by atoms with E-state index in [9.17, 15) is 5.11 Å². The Balaban J connectivity index is 1.52. The van der Waals surface area contributed by atoms with Crippen LogP contribution in [0.15, 0.2) is 60.7 Å². The van der Waals surface area contributed by atoms with E-state index in [1.165, 1.54) is 11.1 Å². The number of aliphatic hydroxyl groups is 1. The molecule has 0 spiro atoms. The first kappa shape index (κ1) is 16.2. The molecule has 2 N–H and O–H groups in total. The highest BCUT2D eigenvalue weighted by Crippen LogP contribution is 2.19. The van der Waals surface area contributed by atoms with Gasteiger partial charge in [0, 0.05) is 31.7 Å². The third-order valence-corrected chi connectivity index (χ3v) is 4.68. The van der Waals surface area contributed by atoms with Gasteiger partial charge in [-0.2, -0.15) is 0 Å². The van der Waals surface area contributed by atoms with Gasteiger partial charge in [-0.25, -0.2) is 0 Å². The Kier molecular flexibility index (Phi) is 5.44. The molecule has 3 heteroatoms. The van der Waals surface area contributed by atoms with Gasteiger partial charge in [0.05, 0.1) is 6.10 Å². The van der Waals surface area contributed by atoms with E-state index in [0.717, 1.165) is 26.1 Å². The molecule has 1 saturated heterocycles. The molecule has 1 fully saturated rings. The maximum Gasteiger partial charge on any atom is 0.0820 e. The van der Waals surface area contributed by atoms with E-state index in [-0.39, 0.29) is 18.2 Å². The van der Waals surface area contributed by atoms with E-state index in [2.05, 4.69) is 65.7 Å². The van der Waals surface area contributed by atoms with Gasteiger partial charge in [0.1, 0.15) is 0 Å². The van der Waals surface area contributed by atoms with Gasteiger partial charge in [-0.3, -0.25) is 4.90 Å². The molecule has 0 radical (unpaired) electrons. The van der Waals surface area contributed by atoms with E-state index < -0.39 is 0 Å². The van der Waals surface area contributed by atoms with E-state index in [1.54, 1.807) is 0 Å². The van der Waals surface area contributed by atoms with Crippen molar-refractivity contribution in [1.82, 2.24) is 10.2 Å². The highest BCUT2D eigenvalue weighted by molar-refractivity contribution is 5.18. The predicted molar refractivity (Wildman–Crippen MR) is 94.1 cm³/mol. The summed E-state index contributed by atoms with van der Waals surface area (Å²) >= 11 is 0. The van der Waals surface area contributed by atoms with Crippen molar-refractivity contribution >= 4 is 0 Å². The summed E-state index contributed by atoms with van der Waals surface area (Å²) in [5.41, 5.74) is 2.58. The summed E-state index contributed by atoms with van der Waals surface area (Å²) in [4.78, 5) is 2.34. The minimum absolute atomic E-state index is 0.164. The number of β-amino-alcohol motifs (C(OH)–C–C–N with tert-alkyl or cyclic N) is 1. The van der Waals surface area contributed by atoms with Crippen LogP contribution < -0.4 is 5.32 Å². The maximum atomic E-state index is 10.5. The van der Waals surface area contributed by atoms with Gasteiger partial charge in [0.15, 0.2) is 0 Å². The molecule has 1 aliphatic rings. The molecule has 1 heterocycles. The SMILES string of the molecule is C[C@@H](N[C@H]1CCN(Cc2ccccc2)C[C@@H]1O)c1ccccc1. The van der Waals surface area contributed by atoms with Gasteiger partial charge in [0.25, 0.3) is 0 Å². The van der Waals surface area contributed by atoms with Crippen LogP contribution in [0.3, 0.4) is 0 Å². The number of aliphatic hydroxyl groups excluding tert-OH is 1. The van der Waals surface area contributed by atoms with Crippen molar-refractivity contribution in [2.24, 2.45) is 0 Å². The molecule has 3 rings (SSSR count). The fourth-order valence-electron chi connectivity index (χ4n) is 3.34. The van der Waals surface area contributed by atoms with Crippen molar-refractivity contribution in [3.63, 3.8) is 0 Å². The van der Waals surface area contributed by atoms with Crippen molar-refractivity contribution in [1.29, 1.82) is 0 Å². The Bertz CT molecular complexity index is 587. The molecule has 0 unspecified atom stereocenters. The van der Waals surface area contributed by atoms with Crippen molar-refractivity contribution in [3.05, 3.63) is 71.8 Å². The fourth-order valence-corrected chi connectivity index (χ4v) is 3.34. The van der Waals surface area contributed by atoms with Gasteiger partial charge in [-0.1, -0.05) is 60.7 Å². The Morgan fingerprint density at radius 2 is 1.74 bits per heavy atom. The zero-order chi connectivity index (χ0) is 16.1. The number of nitrogens with zero attached hydrogens (tertiary/aromatic N) is 1. The summed E-state index contributed by atoms with van der Waals surface area (Å²) in [7, 11) is 0. The smallest absolute Gasteiger partial charge is 0.0820 e.